The Hall–Kier alpha value is -4.18. The average molecular weight is 503 g/mol. The third-order valence-electron chi connectivity index (χ3n) is 5.55. The van der Waals surface area contributed by atoms with Crippen LogP contribution in [0.1, 0.15) is 35.5 Å². The molecule has 4 aromatic rings. The Labute approximate surface area is 213 Å². The molecule has 0 saturated carbocycles. The Morgan fingerprint density at radius 3 is 2.44 bits per heavy atom. The Kier molecular flexibility index (Phi) is 7.65. The minimum absolute atomic E-state index is 0.00844. The van der Waals surface area contributed by atoms with Gasteiger partial charge in [0.25, 0.3) is 5.69 Å². The highest BCUT2D eigenvalue weighted by molar-refractivity contribution is 7.98. The van der Waals surface area contributed by atoms with E-state index in [1.54, 1.807) is 12.1 Å². The van der Waals surface area contributed by atoms with Crippen molar-refractivity contribution in [2.24, 2.45) is 0 Å². The molecular weight excluding hydrogens is 476 g/mol. The summed E-state index contributed by atoms with van der Waals surface area (Å²) >= 11 is 1.50. The van der Waals surface area contributed by atoms with Crippen LogP contribution in [0.3, 0.4) is 0 Å². The third-order valence-corrected chi connectivity index (χ3v) is 6.55. The molecular formula is C26H26N6O3S. The van der Waals surface area contributed by atoms with E-state index in [9.17, 15) is 14.9 Å². The molecule has 0 saturated heterocycles. The van der Waals surface area contributed by atoms with Crippen molar-refractivity contribution < 1.29 is 9.72 Å². The number of nitro groups is 1. The molecule has 0 spiro atoms. The van der Waals surface area contributed by atoms with Crippen LogP contribution in [0.4, 0.5) is 16.2 Å². The first kappa shape index (κ1) is 24.9. The van der Waals surface area contributed by atoms with E-state index < -0.39 is 11.0 Å². The Morgan fingerprint density at radius 2 is 1.78 bits per heavy atom. The number of anilines is 1. The molecule has 184 valence electrons. The maximum Gasteiger partial charge on any atom is 0.319 e. The summed E-state index contributed by atoms with van der Waals surface area (Å²) in [5.74, 6) is 1.18. The molecule has 2 N–H and O–H groups in total. The van der Waals surface area contributed by atoms with E-state index in [1.165, 1.54) is 23.9 Å². The molecule has 9 nitrogen and oxygen atoms in total. The zero-order valence-electron chi connectivity index (χ0n) is 20.1. The van der Waals surface area contributed by atoms with Crippen LogP contribution in [-0.2, 0) is 5.75 Å². The quantitative estimate of drug-likeness (QED) is 0.174. The number of hydrogen-bond donors (Lipinski definition) is 2. The van der Waals surface area contributed by atoms with Crippen molar-refractivity contribution in [3.8, 4) is 5.69 Å². The molecule has 0 bridgehead atoms. The van der Waals surface area contributed by atoms with Crippen molar-refractivity contribution in [2.45, 2.75) is 37.7 Å². The number of rotatable bonds is 8. The smallest absolute Gasteiger partial charge is 0.319 e. The molecule has 0 aliphatic carbocycles. The number of non-ortho nitro benzene ring substituents is 1. The minimum atomic E-state index is -0.496. The SMILES string of the molecule is Cc1ccc(NC(=O)NC(C)c2nnc(SCc3ccccc3)n2-c2ccc([N+](=O)[O-])cc2)c(C)c1. The predicted octanol–water partition coefficient (Wildman–Crippen LogP) is 5.97. The number of nitrogens with one attached hydrogen (secondary N) is 2. The summed E-state index contributed by atoms with van der Waals surface area (Å²) in [5.41, 5.74) is 4.59. The van der Waals surface area contributed by atoms with Gasteiger partial charge in [0.15, 0.2) is 11.0 Å². The first-order valence-corrected chi connectivity index (χ1v) is 12.3. The summed E-state index contributed by atoms with van der Waals surface area (Å²) in [6.45, 7) is 5.75. The van der Waals surface area contributed by atoms with Crippen LogP contribution >= 0.6 is 11.8 Å². The molecule has 1 atom stereocenters. The van der Waals surface area contributed by atoms with Gasteiger partial charge in [0, 0.05) is 29.3 Å². The largest absolute Gasteiger partial charge is 0.328 e. The number of nitro benzene ring substituents is 1. The fraction of sp³-hybridized carbons (Fsp3) is 0.192. The van der Waals surface area contributed by atoms with Crippen molar-refractivity contribution in [1.29, 1.82) is 0 Å². The van der Waals surface area contributed by atoms with Crippen molar-refractivity contribution in [3.63, 3.8) is 0 Å². The standard InChI is InChI=1S/C26H26N6O3S/c1-17-9-14-23(18(2)15-17)28-25(33)27-19(3)24-29-30-26(36-16-20-7-5-4-6-8-20)31(24)21-10-12-22(13-11-21)32(34)35/h4-15,19H,16H2,1-3H3,(H2,27,28,33). The average Bonchev–Trinajstić information content (AvgIpc) is 3.29. The van der Waals surface area contributed by atoms with Crippen LogP contribution in [0.15, 0.2) is 78.0 Å². The van der Waals surface area contributed by atoms with Gasteiger partial charge in [0.2, 0.25) is 0 Å². The summed E-state index contributed by atoms with van der Waals surface area (Å²) < 4.78 is 1.82. The van der Waals surface area contributed by atoms with E-state index in [0.717, 1.165) is 22.4 Å². The number of nitrogens with zero attached hydrogens (tertiary/aromatic N) is 4. The van der Waals surface area contributed by atoms with Crippen LogP contribution in [0.5, 0.6) is 0 Å². The molecule has 1 aromatic heterocycles. The summed E-state index contributed by atoms with van der Waals surface area (Å²) in [6.07, 6.45) is 0. The Balaban J connectivity index is 1.59. The Bertz CT molecular complexity index is 1370. The highest BCUT2D eigenvalue weighted by Gasteiger charge is 2.22. The van der Waals surface area contributed by atoms with Gasteiger partial charge in [-0.25, -0.2) is 4.79 Å². The molecule has 0 aliphatic heterocycles. The first-order chi connectivity index (χ1) is 17.3. The lowest BCUT2D eigenvalue weighted by molar-refractivity contribution is -0.384. The fourth-order valence-corrected chi connectivity index (χ4v) is 4.63. The van der Waals surface area contributed by atoms with E-state index in [2.05, 4.69) is 20.8 Å². The van der Waals surface area contributed by atoms with E-state index in [0.29, 0.717) is 22.4 Å². The van der Waals surface area contributed by atoms with Gasteiger partial charge in [-0.3, -0.25) is 14.7 Å². The monoisotopic (exact) mass is 502 g/mol. The first-order valence-electron chi connectivity index (χ1n) is 11.3. The van der Waals surface area contributed by atoms with Crippen LogP contribution in [0.2, 0.25) is 0 Å². The van der Waals surface area contributed by atoms with Gasteiger partial charge in [-0.05, 0) is 50.1 Å². The van der Waals surface area contributed by atoms with Crippen molar-refractivity contribution >= 4 is 29.2 Å². The summed E-state index contributed by atoms with van der Waals surface area (Å²) in [5, 5.41) is 26.3. The maximum absolute atomic E-state index is 12.8. The van der Waals surface area contributed by atoms with E-state index >= 15 is 0 Å². The Morgan fingerprint density at radius 1 is 1.06 bits per heavy atom. The summed E-state index contributed by atoms with van der Waals surface area (Å²) in [6, 6.07) is 21.1. The highest BCUT2D eigenvalue weighted by atomic mass is 32.2. The number of aryl methyl sites for hydroxylation is 2. The number of carbonyl (C=O) groups excluding carboxylic acids is 1. The number of benzene rings is 3. The normalized spacial score (nSPS) is 11.6. The molecule has 4 rings (SSSR count). The molecule has 2 amide bonds. The second-order valence-electron chi connectivity index (χ2n) is 8.36. The molecule has 1 unspecified atom stereocenters. The van der Waals surface area contributed by atoms with Gasteiger partial charge in [0.1, 0.15) is 0 Å². The molecule has 36 heavy (non-hydrogen) atoms. The third kappa shape index (κ3) is 5.89. The lowest BCUT2D eigenvalue weighted by Crippen LogP contribution is -2.32. The van der Waals surface area contributed by atoms with Crippen LogP contribution < -0.4 is 10.6 Å². The van der Waals surface area contributed by atoms with Gasteiger partial charge in [-0.15, -0.1) is 10.2 Å². The topological polar surface area (TPSA) is 115 Å². The van der Waals surface area contributed by atoms with Crippen molar-refractivity contribution in [2.75, 3.05) is 5.32 Å². The zero-order chi connectivity index (χ0) is 25.7. The lowest BCUT2D eigenvalue weighted by atomic mass is 10.1. The van der Waals surface area contributed by atoms with E-state index in [4.69, 9.17) is 0 Å². The number of thioether (sulfide) groups is 1. The van der Waals surface area contributed by atoms with Gasteiger partial charge < -0.3 is 10.6 Å². The van der Waals surface area contributed by atoms with Gasteiger partial charge >= 0.3 is 6.03 Å². The number of aromatic nitrogens is 3. The maximum atomic E-state index is 12.8. The van der Waals surface area contributed by atoms with Crippen LogP contribution in [0, 0.1) is 24.0 Å². The number of amides is 2. The number of hydrogen-bond acceptors (Lipinski definition) is 6. The summed E-state index contributed by atoms with van der Waals surface area (Å²) in [7, 11) is 0. The molecule has 10 heteroatoms. The van der Waals surface area contributed by atoms with Gasteiger partial charge in [-0.2, -0.15) is 0 Å². The van der Waals surface area contributed by atoms with Crippen molar-refractivity contribution in [1.82, 2.24) is 20.1 Å². The van der Waals surface area contributed by atoms with E-state index in [-0.39, 0.29) is 11.7 Å². The van der Waals surface area contributed by atoms with Crippen molar-refractivity contribution in [3.05, 3.63) is 105 Å². The minimum Gasteiger partial charge on any atom is -0.328 e. The highest BCUT2D eigenvalue weighted by Crippen LogP contribution is 2.28. The molecule has 3 aromatic carbocycles. The fourth-order valence-electron chi connectivity index (χ4n) is 3.72. The second kappa shape index (κ2) is 11.0. The number of carbonyl (C=O) groups is 1. The molecule has 0 radical (unpaired) electrons. The predicted molar refractivity (Wildman–Crippen MR) is 141 cm³/mol. The zero-order valence-corrected chi connectivity index (χ0v) is 21.0. The summed E-state index contributed by atoms with van der Waals surface area (Å²) in [4.78, 5) is 23.4. The van der Waals surface area contributed by atoms with Crippen LogP contribution in [-0.4, -0.2) is 25.7 Å². The van der Waals surface area contributed by atoms with Gasteiger partial charge in [-0.1, -0.05) is 59.8 Å². The molecule has 0 aliphatic rings. The van der Waals surface area contributed by atoms with E-state index in [1.807, 2.05) is 73.9 Å². The lowest BCUT2D eigenvalue weighted by Gasteiger charge is -2.17. The van der Waals surface area contributed by atoms with Gasteiger partial charge in [0.05, 0.1) is 11.0 Å². The second-order valence-corrected chi connectivity index (χ2v) is 9.30. The molecule has 1 heterocycles. The number of urea groups is 1. The van der Waals surface area contributed by atoms with Crippen LogP contribution in [0.25, 0.3) is 5.69 Å². The molecule has 0 fully saturated rings.